The van der Waals surface area contributed by atoms with Crippen molar-refractivity contribution in [3.8, 4) is 11.5 Å². The smallest absolute Gasteiger partial charge is 0.247 e. The summed E-state index contributed by atoms with van der Waals surface area (Å²) >= 11 is 0. The minimum atomic E-state index is -3.83. The van der Waals surface area contributed by atoms with Gasteiger partial charge < -0.3 is 15.5 Å². The molecule has 7 heteroatoms. The Morgan fingerprint density at radius 1 is 1.15 bits per heavy atom. The molecular weight excluding hydrogens is 436 g/mol. The molecular formula is C26H40N2O4S. The van der Waals surface area contributed by atoms with Crippen LogP contribution >= 0.6 is 0 Å². The van der Waals surface area contributed by atoms with E-state index >= 15 is 0 Å². The molecule has 33 heavy (non-hydrogen) atoms. The van der Waals surface area contributed by atoms with Gasteiger partial charge >= 0.3 is 0 Å². The first kappa shape index (κ1) is 25.8. The molecule has 0 atom stereocenters. The maximum atomic E-state index is 13.6. The van der Waals surface area contributed by atoms with Crippen LogP contribution in [0.2, 0.25) is 0 Å². The molecule has 3 rings (SSSR count). The van der Waals surface area contributed by atoms with Crippen molar-refractivity contribution in [3.05, 3.63) is 40.5 Å². The quantitative estimate of drug-likeness (QED) is 0.319. The van der Waals surface area contributed by atoms with Crippen LogP contribution in [-0.2, 0) is 22.9 Å². The van der Waals surface area contributed by atoms with E-state index in [-0.39, 0.29) is 27.4 Å². The lowest BCUT2D eigenvalue weighted by Crippen LogP contribution is -2.71. The molecule has 2 fully saturated rings. The Bertz CT molecular complexity index is 1010. The lowest BCUT2D eigenvalue weighted by molar-refractivity contribution is 0.0163. The number of hydrogen-bond acceptors (Lipinski definition) is 5. The normalized spacial score (nSPS) is 18.1. The maximum Gasteiger partial charge on any atom is 0.247 e. The molecule has 0 unspecified atom stereocenters. The van der Waals surface area contributed by atoms with Crippen LogP contribution in [0.5, 0.6) is 11.5 Å². The van der Waals surface area contributed by atoms with E-state index in [4.69, 9.17) is 0 Å². The van der Waals surface area contributed by atoms with Gasteiger partial charge in [0, 0.05) is 37.2 Å². The van der Waals surface area contributed by atoms with Crippen LogP contribution in [0.3, 0.4) is 0 Å². The van der Waals surface area contributed by atoms with Crippen molar-refractivity contribution in [3.63, 3.8) is 0 Å². The largest absolute Gasteiger partial charge is 0.508 e. The second kappa shape index (κ2) is 10.6. The van der Waals surface area contributed by atoms with Crippen molar-refractivity contribution in [2.75, 3.05) is 26.2 Å². The number of aromatic hydroxyl groups is 2. The SMILES string of the molecule is CCCCCc1cc(O)c(C/C=C(\C)CCC=C(C)C)c(O)c1S(=O)(=O)N1CC2(CNC2)C1. The first-order chi connectivity index (χ1) is 15.6. The van der Waals surface area contributed by atoms with Gasteiger partial charge in [0.1, 0.15) is 16.4 Å². The van der Waals surface area contributed by atoms with Gasteiger partial charge in [-0.2, -0.15) is 4.31 Å². The molecule has 2 saturated heterocycles. The molecule has 0 radical (unpaired) electrons. The molecule has 0 aromatic heterocycles. The first-order valence-corrected chi connectivity index (χ1v) is 13.6. The van der Waals surface area contributed by atoms with Crippen LogP contribution in [0, 0.1) is 5.41 Å². The second-order valence-electron chi connectivity index (χ2n) is 10.1. The van der Waals surface area contributed by atoms with E-state index in [2.05, 4.69) is 32.2 Å². The number of unbranched alkanes of at least 4 members (excludes halogenated alkanes) is 2. The lowest BCUT2D eigenvalue weighted by atomic mass is 9.76. The molecule has 0 bridgehead atoms. The summed E-state index contributed by atoms with van der Waals surface area (Å²) in [5.41, 5.74) is 3.27. The zero-order valence-corrected chi connectivity index (χ0v) is 21.4. The number of sulfonamides is 1. The number of phenolic OH excluding ortho intramolecular Hbond substituents is 2. The van der Waals surface area contributed by atoms with Gasteiger partial charge in [-0.3, -0.25) is 0 Å². The Hall–Kier alpha value is -1.83. The van der Waals surface area contributed by atoms with Gasteiger partial charge in [-0.05, 0) is 64.5 Å². The number of nitrogens with one attached hydrogen (secondary N) is 1. The highest BCUT2D eigenvalue weighted by Crippen LogP contribution is 2.44. The Labute approximate surface area is 199 Å². The van der Waals surface area contributed by atoms with Gasteiger partial charge in [0.25, 0.3) is 0 Å². The average molecular weight is 477 g/mol. The van der Waals surface area contributed by atoms with Crippen LogP contribution in [-0.4, -0.2) is 49.1 Å². The van der Waals surface area contributed by atoms with Crippen LogP contribution < -0.4 is 5.32 Å². The Balaban J connectivity index is 1.89. The molecule has 0 amide bonds. The molecule has 2 heterocycles. The van der Waals surface area contributed by atoms with Crippen molar-refractivity contribution in [2.24, 2.45) is 5.41 Å². The minimum Gasteiger partial charge on any atom is -0.508 e. The highest BCUT2D eigenvalue weighted by molar-refractivity contribution is 7.89. The van der Waals surface area contributed by atoms with Crippen LogP contribution in [0.4, 0.5) is 0 Å². The third kappa shape index (κ3) is 5.81. The van der Waals surface area contributed by atoms with E-state index in [9.17, 15) is 18.6 Å². The highest BCUT2D eigenvalue weighted by Gasteiger charge is 2.52. The van der Waals surface area contributed by atoms with Crippen molar-refractivity contribution in [1.82, 2.24) is 9.62 Å². The van der Waals surface area contributed by atoms with Crippen LogP contribution in [0.15, 0.2) is 34.3 Å². The predicted molar refractivity (Wildman–Crippen MR) is 133 cm³/mol. The van der Waals surface area contributed by atoms with Gasteiger partial charge in [-0.25, -0.2) is 8.42 Å². The lowest BCUT2D eigenvalue weighted by Gasteiger charge is -2.55. The summed E-state index contributed by atoms with van der Waals surface area (Å²) in [5.74, 6) is -0.322. The van der Waals surface area contributed by atoms with E-state index < -0.39 is 10.0 Å². The number of benzene rings is 1. The molecule has 0 aliphatic carbocycles. The van der Waals surface area contributed by atoms with Gasteiger partial charge in [0.2, 0.25) is 10.0 Å². The Kier molecular flexibility index (Phi) is 8.30. The molecule has 1 aromatic rings. The number of nitrogens with zero attached hydrogens (tertiary/aromatic N) is 1. The monoisotopic (exact) mass is 476 g/mol. The summed E-state index contributed by atoms with van der Waals surface area (Å²) in [6.07, 6.45) is 9.58. The molecule has 2 aliphatic rings. The highest BCUT2D eigenvalue weighted by atomic mass is 32.2. The molecule has 0 saturated carbocycles. The van der Waals surface area contributed by atoms with E-state index in [0.29, 0.717) is 31.5 Å². The van der Waals surface area contributed by atoms with E-state index in [1.165, 1.54) is 9.88 Å². The number of phenols is 2. The molecule has 3 N–H and O–H groups in total. The summed E-state index contributed by atoms with van der Waals surface area (Å²) in [4.78, 5) is -0.0101. The third-order valence-corrected chi connectivity index (χ3v) is 8.74. The molecule has 1 spiro atoms. The van der Waals surface area contributed by atoms with Crippen LogP contribution in [0.1, 0.15) is 70.9 Å². The van der Waals surface area contributed by atoms with Crippen molar-refractivity contribution in [2.45, 2.75) is 77.5 Å². The zero-order chi connectivity index (χ0) is 24.2. The zero-order valence-electron chi connectivity index (χ0n) is 20.6. The topological polar surface area (TPSA) is 89.9 Å². The van der Waals surface area contributed by atoms with Gasteiger partial charge in [-0.15, -0.1) is 0 Å². The Morgan fingerprint density at radius 3 is 2.42 bits per heavy atom. The van der Waals surface area contributed by atoms with Crippen LogP contribution in [0.25, 0.3) is 0 Å². The summed E-state index contributed by atoms with van der Waals surface area (Å²) in [7, 11) is -3.83. The fraction of sp³-hybridized carbons (Fsp3) is 0.615. The maximum absolute atomic E-state index is 13.6. The number of hydrogen-bond donors (Lipinski definition) is 3. The fourth-order valence-electron chi connectivity index (χ4n) is 4.64. The van der Waals surface area contributed by atoms with E-state index in [1.807, 2.05) is 13.0 Å². The summed E-state index contributed by atoms with van der Waals surface area (Å²) < 4.78 is 28.6. The molecule has 2 aliphatic heterocycles. The average Bonchev–Trinajstić information content (AvgIpc) is 2.64. The van der Waals surface area contributed by atoms with Gasteiger partial charge in [0.05, 0.1) is 0 Å². The van der Waals surface area contributed by atoms with Crippen molar-refractivity contribution < 1.29 is 18.6 Å². The van der Waals surface area contributed by atoms with Crippen molar-refractivity contribution in [1.29, 1.82) is 0 Å². The third-order valence-electron chi connectivity index (χ3n) is 6.83. The molecule has 184 valence electrons. The predicted octanol–water partition coefficient (Wildman–Crippen LogP) is 4.66. The summed E-state index contributed by atoms with van der Waals surface area (Å²) in [6, 6.07) is 1.56. The Morgan fingerprint density at radius 2 is 1.85 bits per heavy atom. The first-order valence-electron chi connectivity index (χ1n) is 12.2. The van der Waals surface area contributed by atoms with Gasteiger partial charge in [-0.1, -0.05) is 43.1 Å². The van der Waals surface area contributed by atoms with E-state index in [1.54, 1.807) is 6.07 Å². The number of aryl methyl sites for hydroxylation is 1. The van der Waals surface area contributed by atoms with Crippen molar-refractivity contribution >= 4 is 10.0 Å². The standard InChI is InChI=1S/C26H40N2O4S/c1-5-6-7-11-21-14-23(29)22(13-12-20(4)10-8-9-19(2)3)24(30)25(21)33(31,32)28-17-26(18-28)15-27-16-26/h9,12,14,27,29-30H,5-8,10-11,13,15-18H2,1-4H3/b20-12+. The summed E-state index contributed by atoms with van der Waals surface area (Å²) in [5, 5.41) is 25.1. The second-order valence-corrected chi connectivity index (χ2v) is 12.0. The number of rotatable bonds is 11. The number of allylic oxidation sites excluding steroid dienone is 4. The summed E-state index contributed by atoms with van der Waals surface area (Å²) in [6.45, 7) is 10.9. The van der Waals surface area contributed by atoms with Gasteiger partial charge in [0.15, 0.2) is 0 Å². The van der Waals surface area contributed by atoms with E-state index in [0.717, 1.165) is 50.8 Å². The fourth-order valence-corrected chi connectivity index (χ4v) is 6.64. The molecule has 6 nitrogen and oxygen atoms in total. The molecule has 1 aromatic carbocycles. The minimum absolute atomic E-state index is 0.0101.